The van der Waals surface area contributed by atoms with Crippen LogP contribution in [0.4, 0.5) is 0 Å². The molecule has 0 N–H and O–H groups in total. The number of hydrogen-bond donors (Lipinski definition) is 0. The molecular weight excluding hydrogens is 384 g/mol. The number of methoxy groups -OCH3 is 2. The zero-order valence-electron chi connectivity index (χ0n) is 16.8. The Hall–Kier alpha value is -3.80. The van der Waals surface area contributed by atoms with Crippen LogP contribution in [0.25, 0.3) is 11.1 Å². The van der Waals surface area contributed by atoms with E-state index in [0.717, 1.165) is 11.1 Å². The van der Waals surface area contributed by atoms with Crippen molar-refractivity contribution in [2.45, 2.75) is 0 Å². The number of para-hydroxylation sites is 1. The quantitative estimate of drug-likeness (QED) is 0.392. The molecule has 3 aromatic rings. The molecule has 0 fully saturated rings. The van der Waals surface area contributed by atoms with E-state index in [1.54, 1.807) is 24.3 Å². The molecule has 0 aliphatic rings. The number of rotatable bonds is 9. The van der Waals surface area contributed by atoms with E-state index in [0.29, 0.717) is 17.2 Å². The number of ketones is 1. The molecule has 0 amide bonds. The van der Waals surface area contributed by atoms with E-state index in [9.17, 15) is 9.59 Å². The van der Waals surface area contributed by atoms with Crippen molar-refractivity contribution in [3.8, 4) is 28.4 Å². The van der Waals surface area contributed by atoms with Crippen molar-refractivity contribution in [3.63, 3.8) is 0 Å². The average molecular weight is 406 g/mol. The summed E-state index contributed by atoms with van der Waals surface area (Å²) in [5.41, 5.74) is 2.12. The van der Waals surface area contributed by atoms with Crippen LogP contribution in [0.3, 0.4) is 0 Å². The van der Waals surface area contributed by atoms with Gasteiger partial charge in [-0.1, -0.05) is 48.5 Å². The van der Waals surface area contributed by atoms with Crippen LogP contribution in [0.15, 0.2) is 72.8 Å². The maximum absolute atomic E-state index is 12.5. The van der Waals surface area contributed by atoms with E-state index in [2.05, 4.69) is 0 Å². The van der Waals surface area contributed by atoms with Crippen LogP contribution in [0.5, 0.6) is 17.2 Å². The number of carbonyl (C=O) groups is 2. The lowest BCUT2D eigenvalue weighted by Crippen LogP contribution is -2.20. The van der Waals surface area contributed by atoms with Gasteiger partial charge in [0.05, 0.1) is 19.8 Å². The van der Waals surface area contributed by atoms with Crippen LogP contribution in [-0.4, -0.2) is 39.2 Å². The molecule has 0 aliphatic heterocycles. The predicted molar refractivity (Wildman–Crippen MR) is 112 cm³/mol. The molecule has 6 nitrogen and oxygen atoms in total. The largest absolute Gasteiger partial charge is 0.497 e. The Morgan fingerprint density at radius 2 is 1.50 bits per heavy atom. The van der Waals surface area contributed by atoms with Gasteiger partial charge in [-0.15, -0.1) is 0 Å². The second kappa shape index (κ2) is 10.1. The fraction of sp³-hybridized carbons (Fsp3) is 0.167. The molecule has 0 atom stereocenters. The van der Waals surface area contributed by atoms with E-state index in [1.807, 2.05) is 48.5 Å². The maximum Gasteiger partial charge on any atom is 0.344 e. The summed E-state index contributed by atoms with van der Waals surface area (Å²) < 4.78 is 21.1. The second-order valence-corrected chi connectivity index (χ2v) is 6.30. The van der Waals surface area contributed by atoms with Crippen LogP contribution in [0.2, 0.25) is 0 Å². The van der Waals surface area contributed by atoms with E-state index < -0.39 is 18.4 Å². The van der Waals surface area contributed by atoms with Crippen molar-refractivity contribution in [3.05, 3.63) is 78.4 Å². The number of carbonyl (C=O) groups excluding carboxylic acids is 2. The van der Waals surface area contributed by atoms with Crippen LogP contribution in [0.1, 0.15) is 10.4 Å². The van der Waals surface area contributed by atoms with Crippen molar-refractivity contribution in [1.29, 1.82) is 0 Å². The first kappa shape index (κ1) is 20.9. The summed E-state index contributed by atoms with van der Waals surface area (Å²) in [6, 6.07) is 22.0. The summed E-state index contributed by atoms with van der Waals surface area (Å²) in [6.45, 7) is -0.738. The lowest BCUT2D eigenvalue weighted by Gasteiger charge is -2.12. The first-order chi connectivity index (χ1) is 14.6. The lowest BCUT2D eigenvalue weighted by molar-refractivity contribution is -0.144. The summed E-state index contributed by atoms with van der Waals surface area (Å²) in [5.74, 6) is 0.398. The highest BCUT2D eigenvalue weighted by molar-refractivity contribution is 6.00. The van der Waals surface area contributed by atoms with E-state index in [-0.39, 0.29) is 12.2 Å². The topological polar surface area (TPSA) is 71.1 Å². The van der Waals surface area contributed by atoms with E-state index in [4.69, 9.17) is 18.9 Å². The molecule has 3 rings (SSSR count). The molecule has 154 valence electrons. The van der Waals surface area contributed by atoms with Crippen molar-refractivity contribution >= 4 is 11.8 Å². The highest BCUT2D eigenvalue weighted by Crippen LogP contribution is 2.29. The zero-order chi connectivity index (χ0) is 21.3. The second-order valence-electron chi connectivity index (χ2n) is 6.30. The third-order valence-electron chi connectivity index (χ3n) is 4.39. The summed E-state index contributed by atoms with van der Waals surface area (Å²) in [4.78, 5) is 24.6. The van der Waals surface area contributed by atoms with Gasteiger partial charge in [0.15, 0.2) is 13.2 Å². The van der Waals surface area contributed by atoms with Gasteiger partial charge in [0, 0.05) is 5.56 Å². The van der Waals surface area contributed by atoms with Gasteiger partial charge >= 0.3 is 5.97 Å². The van der Waals surface area contributed by atoms with Crippen molar-refractivity contribution in [1.82, 2.24) is 0 Å². The standard InChI is InChI=1S/C24H22O6/c1-27-18-12-13-22(28-2)20(14-18)21(25)15-30-24(26)16-29-23-11-7-6-10-19(23)17-8-4-3-5-9-17/h3-14H,15-16H2,1-2H3. The van der Waals surface area contributed by atoms with Gasteiger partial charge in [0.25, 0.3) is 0 Å². The first-order valence-corrected chi connectivity index (χ1v) is 9.30. The van der Waals surface area contributed by atoms with Gasteiger partial charge in [-0.3, -0.25) is 4.79 Å². The molecular formula is C24H22O6. The monoisotopic (exact) mass is 406 g/mol. The van der Waals surface area contributed by atoms with Crippen LogP contribution in [0, 0.1) is 0 Å². The predicted octanol–water partition coefficient (Wildman–Crippen LogP) is 4.18. The molecule has 3 aromatic carbocycles. The summed E-state index contributed by atoms with van der Waals surface area (Å²) >= 11 is 0. The number of Topliss-reactive ketones (excluding diaryl/α,β-unsaturated/α-hetero) is 1. The Labute approximate surface area is 175 Å². The van der Waals surface area contributed by atoms with Gasteiger partial charge in [-0.25, -0.2) is 4.79 Å². The summed E-state index contributed by atoms with van der Waals surface area (Å²) in [7, 11) is 2.96. The molecule has 0 saturated carbocycles. The minimum absolute atomic E-state index is 0.278. The Morgan fingerprint density at radius 3 is 2.23 bits per heavy atom. The highest BCUT2D eigenvalue weighted by Gasteiger charge is 2.16. The van der Waals surface area contributed by atoms with Crippen LogP contribution in [-0.2, 0) is 9.53 Å². The van der Waals surface area contributed by atoms with Crippen LogP contribution < -0.4 is 14.2 Å². The van der Waals surface area contributed by atoms with Crippen LogP contribution >= 0.6 is 0 Å². The minimum atomic E-state index is -0.645. The molecule has 0 unspecified atom stereocenters. The van der Waals surface area contributed by atoms with Gasteiger partial charge in [0.2, 0.25) is 5.78 Å². The van der Waals surface area contributed by atoms with E-state index in [1.165, 1.54) is 14.2 Å². The molecule has 6 heteroatoms. The maximum atomic E-state index is 12.5. The van der Waals surface area contributed by atoms with E-state index >= 15 is 0 Å². The van der Waals surface area contributed by atoms with Gasteiger partial charge in [-0.05, 0) is 29.8 Å². The third kappa shape index (κ3) is 5.17. The number of esters is 1. The Balaban J connectivity index is 1.60. The van der Waals surface area contributed by atoms with Gasteiger partial charge < -0.3 is 18.9 Å². The smallest absolute Gasteiger partial charge is 0.344 e. The lowest BCUT2D eigenvalue weighted by atomic mass is 10.1. The third-order valence-corrected chi connectivity index (χ3v) is 4.39. The summed E-state index contributed by atoms with van der Waals surface area (Å²) in [5, 5.41) is 0. The minimum Gasteiger partial charge on any atom is -0.497 e. The Kier molecular flexibility index (Phi) is 7.05. The van der Waals surface area contributed by atoms with Crippen molar-refractivity contribution < 1.29 is 28.5 Å². The molecule has 0 radical (unpaired) electrons. The average Bonchev–Trinajstić information content (AvgIpc) is 2.81. The van der Waals surface area contributed by atoms with Gasteiger partial charge in [-0.2, -0.15) is 0 Å². The fourth-order valence-electron chi connectivity index (χ4n) is 2.88. The molecule has 30 heavy (non-hydrogen) atoms. The molecule has 0 aliphatic carbocycles. The fourth-order valence-corrected chi connectivity index (χ4v) is 2.88. The first-order valence-electron chi connectivity index (χ1n) is 9.30. The molecule has 0 aromatic heterocycles. The number of hydrogen-bond acceptors (Lipinski definition) is 6. The number of ether oxygens (including phenoxy) is 4. The Bertz CT molecular complexity index is 1010. The highest BCUT2D eigenvalue weighted by atomic mass is 16.6. The molecule has 0 bridgehead atoms. The molecule has 0 heterocycles. The van der Waals surface area contributed by atoms with Crippen molar-refractivity contribution in [2.75, 3.05) is 27.4 Å². The normalized spacial score (nSPS) is 10.2. The Morgan fingerprint density at radius 1 is 0.767 bits per heavy atom. The van der Waals surface area contributed by atoms with Crippen molar-refractivity contribution in [2.24, 2.45) is 0 Å². The zero-order valence-corrected chi connectivity index (χ0v) is 16.8. The SMILES string of the molecule is COc1ccc(OC)c(C(=O)COC(=O)COc2ccccc2-c2ccccc2)c1. The van der Waals surface area contributed by atoms with Gasteiger partial charge in [0.1, 0.15) is 17.2 Å². The number of benzene rings is 3. The summed E-state index contributed by atoms with van der Waals surface area (Å²) in [6.07, 6.45) is 0. The molecule has 0 saturated heterocycles. The molecule has 0 spiro atoms.